The van der Waals surface area contributed by atoms with Gasteiger partial charge in [-0.15, -0.1) is 0 Å². The number of hydrogen-bond donors (Lipinski definition) is 0. The number of carbonyl (C=O) groups excluding carboxylic acids is 1. The second-order valence-electron chi connectivity index (χ2n) is 7.60. The van der Waals surface area contributed by atoms with Crippen LogP contribution in [0.3, 0.4) is 0 Å². The van der Waals surface area contributed by atoms with Gasteiger partial charge >= 0.3 is 0 Å². The van der Waals surface area contributed by atoms with E-state index in [-0.39, 0.29) is 5.91 Å². The van der Waals surface area contributed by atoms with Crippen molar-refractivity contribution in [2.45, 2.75) is 13.5 Å². The molecule has 0 bridgehead atoms. The Morgan fingerprint density at radius 1 is 0.935 bits per heavy atom. The second kappa shape index (κ2) is 7.92. The van der Waals surface area contributed by atoms with E-state index in [1.807, 2.05) is 72.5 Å². The van der Waals surface area contributed by atoms with Crippen LogP contribution < -0.4 is 4.90 Å². The van der Waals surface area contributed by atoms with Crippen molar-refractivity contribution in [3.8, 4) is 0 Å². The Bertz CT molecular complexity index is 1350. The molecule has 5 heteroatoms. The quantitative estimate of drug-likeness (QED) is 0.312. The molecule has 1 aliphatic heterocycles. The molecular weight excluding hydrogens is 427 g/mol. The zero-order valence-electron chi connectivity index (χ0n) is 17.0. The number of carbonyl (C=O) groups is 1. The van der Waals surface area contributed by atoms with Crippen molar-refractivity contribution in [3.63, 3.8) is 0 Å². The summed E-state index contributed by atoms with van der Waals surface area (Å²) in [6, 6.07) is 21.9. The summed E-state index contributed by atoms with van der Waals surface area (Å²) in [5.74, 6) is 0.0463. The Hall–Kier alpha value is -3.01. The molecule has 1 aromatic heterocycles. The van der Waals surface area contributed by atoms with Gasteiger partial charge in [0.1, 0.15) is 0 Å². The SMILES string of the molecule is CCN1C(=O)/C(=C\c2cn(Cc3ccc(Cl)c(Cl)c3)c3ccccc23)c2ccccc21. The van der Waals surface area contributed by atoms with Gasteiger partial charge in [0, 0.05) is 46.9 Å². The molecule has 1 amide bonds. The fourth-order valence-electron chi connectivity index (χ4n) is 4.27. The molecule has 0 fully saturated rings. The first-order valence-corrected chi connectivity index (χ1v) is 11.0. The first-order chi connectivity index (χ1) is 15.1. The van der Waals surface area contributed by atoms with Crippen molar-refractivity contribution in [2.75, 3.05) is 11.4 Å². The van der Waals surface area contributed by atoms with Crippen molar-refractivity contribution in [1.82, 2.24) is 4.57 Å². The first-order valence-electron chi connectivity index (χ1n) is 10.2. The largest absolute Gasteiger partial charge is 0.342 e. The normalized spacial score (nSPS) is 14.6. The van der Waals surface area contributed by atoms with Gasteiger partial charge in [-0.2, -0.15) is 0 Å². The van der Waals surface area contributed by atoms with Crippen LogP contribution in [0.2, 0.25) is 10.0 Å². The van der Waals surface area contributed by atoms with Gasteiger partial charge in [0.25, 0.3) is 5.91 Å². The zero-order chi connectivity index (χ0) is 21.5. The summed E-state index contributed by atoms with van der Waals surface area (Å²) in [6.07, 6.45) is 4.12. The molecule has 0 spiro atoms. The average molecular weight is 447 g/mol. The molecule has 154 valence electrons. The average Bonchev–Trinajstić information content (AvgIpc) is 3.26. The Labute approximate surface area is 191 Å². The van der Waals surface area contributed by atoms with Crippen molar-refractivity contribution >= 4 is 57.3 Å². The predicted molar refractivity (Wildman–Crippen MR) is 130 cm³/mol. The van der Waals surface area contributed by atoms with Crippen LogP contribution in [-0.2, 0) is 11.3 Å². The predicted octanol–water partition coefficient (Wildman–Crippen LogP) is 6.90. The molecule has 1 aliphatic rings. The number of halogens is 2. The Balaban J connectivity index is 1.62. The number of benzene rings is 3. The van der Waals surface area contributed by atoms with Crippen molar-refractivity contribution in [3.05, 3.63) is 99.7 Å². The number of para-hydroxylation sites is 2. The Morgan fingerprint density at radius 3 is 2.52 bits per heavy atom. The lowest BCUT2D eigenvalue weighted by molar-refractivity contribution is -0.112. The highest BCUT2D eigenvalue weighted by molar-refractivity contribution is 6.42. The summed E-state index contributed by atoms with van der Waals surface area (Å²) in [6.45, 7) is 3.30. The molecule has 3 nitrogen and oxygen atoms in total. The molecule has 0 saturated heterocycles. The third-order valence-corrected chi connectivity index (χ3v) is 6.47. The smallest absolute Gasteiger partial charge is 0.258 e. The highest BCUT2D eigenvalue weighted by Crippen LogP contribution is 2.38. The minimum atomic E-state index is 0.0463. The monoisotopic (exact) mass is 446 g/mol. The molecule has 0 aliphatic carbocycles. The summed E-state index contributed by atoms with van der Waals surface area (Å²) >= 11 is 12.3. The van der Waals surface area contributed by atoms with E-state index < -0.39 is 0 Å². The summed E-state index contributed by atoms with van der Waals surface area (Å²) in [5, 5.41) is 2.20. The third kappa shape index (κ3) is 3.44. The van der Waals surface area contributed by atoms with E-state index in [0.29, 0.717) is 23.1 Å². The number of likely N-dealkylation sites (N-methyl/N-ethyl adjacent to an activating group) is 1. The Kier molecular flexibility index (Phi) is 5.09. The first kappa shape index (κ1) is 19.9. The number of hydrogen-bond acceptors (Lipinski definition) is 1. The standard InChI is InChI=1S/C26H20Cl2N2O/c1-2-30-25-10-6-4-8-20(25)21(26(30)31)14-18-16-29(24-9-5-3-7-19(18)24)15-17-11-12-22(27)23(28)13-17/h3-14,16H,2,15H2,1H3/b21-14-. The fourth-order valence-corrected chi connectivity index (χ4v) is 4.59. The van der Waals surface area contributed by atoms with Gasteiger partial charge in [0.05, 0.1) is 15.7 Å². The number of rotatable bonds is 4. The molecule has 0 unspecified atom stereocenters. The lowest BCUT2D eigenvalue weighted by atomic mass is 10.0. The summed E-state index contributed by atoms with van der Waals surface area (Å²) < 4.78 is 2.18. The Morgan fingerprint density at radius 2 is 1.71 bits per heavy atom. The molecule has 4 aromatic rings. The van der Waals surface area contributed by atoms with Crippen LogP contribution in [0.5, 0.6) is 0 Å². The number of amides is 1. The van der Waals surface area contributed by atoms with E-state index in [2.05, 4.69) is 22.9 Å². The van der Waals surface area contributed by atoms with Gasteiger partial charge < -0.3 is 9.47 Å². The number of fused-ring (bicyclic) bond motifs is 2. The highest BCUT2D eigenvalue weighted by Gasteiger charge is 2.31. The van der Waals surface area contributed by atoms with Crippen molar-refractivity contribution < 1.29 is 4.79 Å². The van der Waals surface area contributed by atoms with Gasteiger partial charge in [-0.3, -0.25) is 4.79 Å². The van der Waals surface area contributed by atoms with E-state index in [0.717, 1.165) is 38.9 Å². The van der Waals surface area contributed by atoms with Crippen LogP contribution in [0.25, 0.3) is 22.6 Å². The number of aromatic nitrogens is 1. The lowest BCUT2D eigenvalue weighted by Crippen LogP contribution is -2.25. The number of anilines is 1. The van der Waals surface area contributed by atoms with Gasteiger partial charge in [-0.05, 0) is 42.8 Å². The van der Waals surface area contributed by atoms with E-state index in [4.69, 9.17) is 23.2 Å². The van der Waals surface area contributed by atoms with E-state index >= 15 is 0 Å². The van der Waals surface area contributed by atoms with E-state index in [9.17, 15) is 4.79 Å². The number of nitrogens with zero attached hydrogens (tertiary/aromatic N) is 2. The van der Waals surface area contributed by atoms with Crippen LogP contribution in [0.1, 0.15) is 23.6 Å². The van der Waals surface area contributed by atoms with Gasteiger partial charge in [-0.25, -0.2) is 0 Å². The van der Waals surface area contributed by atoms with Crippen molar-refractivity contribution in [2.24, 2.45) is 0 Å². The summed E-state index contributed by atoms with van der Waals surface area (Å²) in [4.78, 5) is 15.0. The maximum absolute atomic E-state index is 13.1. The second-order valence-corrected chi connectivity index (χ2v) is 8.42. The lowest BCUT2D eigenvalue weighted by Gasteiger charge is -2.13. The van der Waals surface area contributed by atoms with E-state index in [1.54, 1.807) is 0 Å². The molecule has 3 aromatic carbocycles. The maximum atomic E-state index is 13.1. The van der Waals surface area contributed by atoms with Crippen LogP contribution in [0.15, 0.2) is 72.9 Å². The van der Waals surface area contributed by atoms with Crippen LogP contribution >= 0.6 is 23.2 Å². The molecule has 31 heavy (non-hydrogen) atoms. The topological polar surface area (TPSA) is 25.2 Å². The van der Waals surface area contributed by atoms with Crippen LogP contribution in [-0.4, -0.2) is 17.0 Å². The van der Waals surface area contributed by atoms with E-state index in [1.165, 1.54) is 0 Å². The van der Waals surface area contributed by atoms with Gasteiger partial charge in [0.2, 0.25) is 0 Å². The molecule has 0 atom stereocenters. The molecule has 0 N–H and O–H groups in total. The maximum Gasteiger partial charge on any atom is 0.258 e. The molecule has 2 heterocycles. The van der Waals surface area contributed by atoms with Crippen molar-refractivity contribution in [1.29, 1.82) is 0 Å². The van der Waals surface area contributed by atoms with Crippen LogP contribution in [0, 0.1) is 0 Å². The minimum Gasteiger partial charge on any atom is -0.342 e. The third-order valence-electron chi connectivity index (χ3n) is 5.73. The highest BCUT2D eigenvalue weighted by atomic mass is 35.5. The molecule has 5 rings (SSSR count). The summed E-state index contributed by atoms with van der Waals surface area (Å²) in [5.41, 5.74) is 5.87. The molecular formula is C26H20Cl2N2O. The van der Waals surface area contributed by atoms with Crippen LogP contribution in [0.4, 0.5) is 5.69 Å². The van der Waals surface area contributed by atoms with Gasteiger partial charge in [0.15, 0.2) is 0 Å². The molecule has 0 saturated carbocycles. The van der Waals surface area contributed by atoms with Gasteiger partial charge in [-0.1, -0.05) is 65.7 Å². The minimum absolute atomic E-state index is 0.0463. The zero-order valence-corrected chi connectivity index (χ0v) is 18.5. The molecule has 0 radical (unpaired) electrons. The fraction of sp³-hybridized carbons (Fsp3) is 0.115. The summed E-state index contributed by atoms with van der Waals surface area (Å²) in [7, 11) is 0.